The average Bonchev–Trinajstić information content (AvgIpc) is 2.74. The monoisotopic (exact) mass is 485 g/mol. The van der Waals surface area contributed by atoms with Crippen molar-refractivity contribution >= 4 is 29.8 Å². The number of esters is 1. The standard InChI is InChI=1S/C22H39N5O7/c1-15(2)13-19(26-20(29)7-9-32-11-12-33-10-8-23)21(30)27-18(22(31)34-16(3)4)6-5-17(28)14-25-24/h14-16,18-19H,5-13,23H2,1-4H3,(H,26,29)(H,27,30)/t18-,19-/m0/s1. The van der Waals surface area contributed by atoms with Crippen molar-refractivity contribution in [3.05, 3.63) is 5.53 Å². The first-order valence-corrected chi connectivity index (χ1v) is 11.5. The third-order valence-electron chi connectivity index (χ3n) is 4.30. The van der Waals surface area contributed by atoms with Crippen molar-refractivity contribution < 1.29 is 38.2 Å². The SMILES string of the molecule is CC(C)C[C@H](NC(=O)CCOCCOCCN)C(=O)N[C@@H](CCC(=O)C=[N+]=[N-])C(=O)OC(C)C. The van der Waals surface area contributed by atoms with Crippen LogP contribution in [-0.4, -0.2) is 85.7 Å². The number of carbonyl (C=O) groups is 4. The van der Waals surface area contributed by atoms with Crippen molar-refractivity contribution in [1.82, 2.24) is 10.6 Å². The number of amides is 2. The molecule has 34 heavy (non-hydrogen) atoms. The Kier molecular flexibility index (Phi) is 17.3. The summed E-state index contributed by atoms with van der Waals surface area (Å²) in [6, 6.07) is -1.99. The number of rotatable bonds is 19. The molecule has 0 aromatic rings. The van der Waals surface area contributed by atoms with Crippen LogP contribution >= 0.6 is 0 Å². The van der Waals surface area contributed by atoms with E-state index in [1.54, 1.807) is 13.8 Å². The van der Waals surface area contributed by atoms with Crippen LogP contribution in [-0.2, 0) is 33.4 Å². The highest BCUT2D eigenvalue weighted by Gasteiger charge is 2.29. The Morgan fingerprint density at radius 3 is 2.15 bits per heavy atom. The number of hydrogen-bond acceptors (Lipinski definition) is 8. The number of nitrogens with two attached hydrogens (primary N) is 1. The van der Waals surface area contributed by atoms with Gasteiger partial charge in [0.1, 0.15) is 12.1 Å². The highest BCUT2D eigenvalue weighted by Crippen LogP contribution is 2.09. The van der Waals surface area contributed by atoms with Crippen LogP contribution < -0.4 is 16.4 Å². The van der Waals surface area contributed by atoms with E-state index in [0.29, 0.717) is 32.8 Å². The summed E-state index contributed by atoms with van der Waals surface area (Å²) in [6.45, 7) is 8.83. The van der Waals surface area contributed by atoms with Crippen LogP contribution in [0.2, 0.25) is 0 Å². The molecule has 0 unspecified atom stereocenters. The molecule has 0 rings (SSSR count). The molecule has 194 valence electrons. The molecule has 2 amide bonds. The van der Waals surface area contributed by atoms with Gasteiger partial charge in [-0.1, -0.05) is 13.8 Å². The second-order valence-electron chi connectivity index (χ2n) is 8.31. The third-order valence-corrected chi connectivity index (χ3v) is 4.30. The fourth-order valence-corrected chi connectivity index (χ4v) is 2.79. The minimum absolute atomic E-state index is 0.0482. The Labute approximate surface area is 200 Å². The molecule has 0 fully saturated rings. The zero-order valence-electron chi connectivity index (χ0n) is 20.6. The molecule has 0 aromatic carbocycles. The summed E-state index contributed by atoms with van der Waals surface area (Å²) in [4.78, 5) is 52.0. The molecule has 0 bridgehead atoms. The van der Waals surface area contributed by atoms with Crippen LogP contribution in [0.3, 0.4) is 0 Å². The lowest BCUT2D eigenvalue weighted by molar-refractivity contribution is -0.152. The van der Waals surface area contributed by atoms with E-state index < -0.39 is 35.8 Å². The van der Waals surface area contributed by atoms with Gasteiger partial charge in [-0.25, -0.2) is 4.79 Å². The van der Waals surface area contributed by atoms with Crippen LogP contribution in [0, 0.1) is 5.92 Å². The Morgan fingerprint density at radius 1 is 0.941 bits per heavy atom. The van der Waals surface area contributed by atoms with Crippen molar-refractivity contribution in [2.24, 2.45) is 11.7 Å². The van der Waals surface area contributed by atoms with Gasteiger partial charge in [-0.05, 0) is 32.6 Å². The molecule has 0 aromatic heterocycles. The summed E-state index contributed by atoms with van der Waals surface area (Å²) in [5, 5.41) is 5.26. The number of Topliss-reactive ketones (excluding diaryl/α,β-unsaturated/α-hetero) is 1. The summed E-state index contributed by atoms with van der Waals surface area (Å²) in [7, 11) is 0. The highest BCUT2D eigenvalue weighted by atomic mass is 16.5. The maximum Gasteiger partial charge on any atom is 0.328 e. The molecule has 0 aliphatic rings. The van der Waals surface area contributed by atoms with Crippen LogP contribution in [0.25, 0.3) is 5.53 Å². The van der Waals surface area contributed by atoms with Crippen LogP contribution in [0.4, 0.5) is 0 Å². The molecule has 0 spiro atoms. The smallest absolute Gasteiger partial charge is 0.328 e. The molecule has 0 aliphatic heterocycles. The zero-order chi connectivity index (χ0) is 25.9. The first kappa shape index (κ1) is 31.3. The topological polar surface area (TPSA) is 182 Å². The van der Waals surface area contributed by atoms with Crippen molar-refractivity contribution in [1.29, 1.82) is 0 Å². The Balaban J connectivity index is 4.98. The fraction of sp³-hybridized carbons (Fsp3) is 0.773. The molecule has 12 heteroatoms. The number of hydrogen-bond donors (Lipinski definition) is 3. The van der Waals surface area contributed by atoms with E-state index in [9.17, 15) is 19.2 Å². The Hall–Kier alpha value is -2.66. The van der Waals surface area contributed by atoms with E-state index in [2.05, 4.69) is 15.4 Å². The molecule has 0 saturated carbocycles. The summed E-state index contributed by atoms with van der Waals surface area (Å²) >= 11 is 0. The zero-order valence-corrected chi connectivity index (χ0v) is 20.6. The minimum atomic E-state index is -1.10. The van der Waals surface area contributed by atoms with Gasteiger partial charge in [0.25, 0.3) is 0 Å². The number of ketones is 1. The first-order chi connectivity index (χ1) is 16.1. The lowest BCUT2D eigenvalue weighted by atomic mass is 10.0. The second-order valence-corrected chi connectivity index (χ2v) is 8.31. The van der Waals surface area contributed by atoms with E-state index >= 15 is 0 Å². The number of nitrogens with one attached hydrogen (secondary N) is 2. The van der Waals surface area contributed by atoms with Gasteiger partial charge in [-0.15, -0.1) is 0 Å². The summed E-state index contributed by atoms with van der Waals surface area (Å²) in [6.07, 6.45) is 0.495. The summed E-state index contributed by atoms with van der Waals surface area (Å²) in [5.74, 6) is -2.07. The predicted molar refractivity (Wildman–Crippen MR) is 124 cm³/mol. The lowest BCUT2D eigenvalue weighted by Crippen LogP contribution is -2.52. The van der Waals surface area contributed by atoms with Gasteiger partial charge >= 0.3 is 12.2 Å². The third kappa shape index (κ3) is 16.0. The predicted octanol–water partition coefficient (Wildman–Crippen LogP) is -0.0144. The maximum atomic E-state index is 12.9. The van der Waals surface area contributed by atoms with Gasteiger partial charge < -0.3 is 36.1 Å². The van der Waals surface area contributed by atoms with E-state index in [1.807, 2.05) is 13.8 Å². The van der Waals surface area contributed by atoms with Crippen LogP contribution in [0.15, 0.2) is 0 Å². The average molecular weight is 486 g/mol. The lowest BCUT2D eigenvalue weighted by Gasteiger charge is -2.24. The largest absolute Gasteiger partial charge is 0.461 e. The summed E-state index contributed by atoms with van der Waals surface area (Å²) in [5.41, 5.74) is 13.8. The highest BCUT2D eigenvalue weighted by molar-refractivity contribution is 6.25. The van der Waals surface area contributed by atoms with E-state index in [4.69, 9.17) is 25.5 Å². The molecule has 0 saturated heterocycles. The molecule has 0 aliphatic carbocycles. The molecule has 12 nitrogen and oxygen atoms in total. The number of carbonyl (C=O) groups excluding carboxylic acids is 4. The van der Waals surface area contributed by atoms with Gasteiger partial charge in [0.15, 0.2) is 0 Å². The normalized spacial score (nSPS) is 12.6. The van der Waals surface area contributed by atoms with Crippen molar-refractivity contribution in [3.63, 3.8) is 0 Å². The molecular formula is C22H39N5O7. The summed E-state index contributed by atoms with van der Waals surface area (Å²) < 4.78 is 15.7. The van der Waals surface area contributed by atoms with Gasteiger partial charge in [-0.3, -0.25) is 14.4 Å². The maximum absolute atomic E-state index is 12.9. The molecule has 0 radical (unpaired) electrons. The molecule has 4 N–H and O–H groups in total. The fourth-order valence-electron chi connectivity index (χ4n) is 2.79. The molecular weight excluding hydrogens is 446 g/mol. The van der Waals surface area contributed by atoms with E-state index in [0.717, 1.165) is 6.21 Å². The van der Waals surface area contributed by atoms with Gasteiger partial charge in [0, 0.05) is 19.4 Å². The Morgan fingerprint density at radius 2 is 1.59 bits per heavy atom. The van der Waals surface area contributed by atoms with E-state index in [1.165, 1.54) is 0 Å². The van der Waals surface area contributed by atoms with Crippen molar-refractivity contribution in [2.75, 3.05) is 33.0 Å². The Bertz CT molecular complexity index is 693. The quantitative estimate of drug-likeness (QED) is 0.0750. The number of nitrogens with zero attached hydrogens (tertiary/aromatic N) is 2. The van der Waals surface area contributed by atoms with Gasteiger partial charge in [0.05, 0.1) is 32.5 Å². The van der Waals surface area contributed by atoms with E-state index in [-0.39, 0.29) is 37.7 Å². The van der Waals surface area contributed by atoms with Crippen LogP contribution in [0.5, 0.6) is 0 Å². The second kappa shape index (κ2) is 18.7. The molecule has 0 heterocycles. The number of ether oxygens (including phenoxy) is 3. The minimum Gasteiger partial charge on any atom is -0.461 e. The van der Waals surface area contributed by atoms with Crippen LogP contribution in [0.1, 0.15) is 53.4 Å². The van der Waals surface area contributed by atoms with Crippen molar-refractivity contribution in [3.8, 4) is 0 Å². The van der Waals surface area contributed by atoms with Crippen molar-refractivity contribution in [2.45, 2.75) is 71.6 Å². The molecule has 2 atom stereocenters. The van der Waals surface area contributed by atoms with Gasteiger partial charge in [-0.2, -0.15) is 4.79 Å². The van der Waals surface area contributed by atoms with Gasteiger partial charge in [0.2, 0.25) is 17.6 Å². The first-order valence-electron chi connectivity index (χ1n) is 11.5.